The molecule has 1 aromatic carbocycles. The summed E-state index contributed by atoms with van der Waals surface area (Å²) in [6, 6.07) is 7.06. The zero-order valence-electron chi connectivity index (χ0n) is 9.49. The number of halogens is 1. The molecule has 2 fully saturated rings. The van der Waals surface area contributed by atoms with Gasteiger partial charge in [0.25, 0.3) is 0 Å². The number of nitriles is 1. The molecule has 0 bridgehead atoms. The number of hydrogen-bond acceptors (Lipinski definition) is 3. The number of hydrogen-bond donors (Lipinski definition) is 1. The zero-order valence-corrected chi connectivity index (χ0v) is 9.49. The van der Waals surface area contributed by atoms with Gasteiger partial charge in [-0.3, -0.25) is 0 Å². The third-order valence-electron chi connectivity index (χ3n) is 3.79. The fraction of sp³-hybridized carbons (Fsp3) is 0.462. The first-order chi connectivity index (χ1) is 8.28. The minimum Gasteiger partial charge on any atom is -0.367 e. The maximum Gasteiger partial charge on any atom is 0.126 e. The molecule has 4 heteroatoms. The van der Waals surface area contributed by atoms with Gasteiger partial charge in [-0.15, -0.1) is 0 Å². The second kappa shape index (κ2) is 4.01. The maximum absolute atomic E-state index is 13.4. The molecule has 2 atom stereocenters. The molecule has 0 spiro atoms. The fourth-order valence-electron chi connectivity index (χ4n) is 2.97. The summed E-state index contributed by atoms with van der Waals surface area (Å²) in [4.78, 5) is 2.23. The first kappa shape index (κ1) is 10.5. The van der Waals surface area contributed by atoms with Gasteiger partial charge in [0.1, 0.15) is 5.82 Å². The van der Waals surface area contributed by atoms with E-state index in [1.54, 1.807) is 6.07 Å². The molecule has 0 amide bonds. The molecule has 88 valence electrons. The summed E-state index contributed by atoms with van der Waals surface area (Å²) in [5, 5.41) is 12.2. The van der Waals surface area contributed by atoms with Crippen LogP contribution < -0.4 is 10.2 Å². The zero-order chi connectivity index (χ0) is 11.8. The van der Waals surface area contributed by atoms with E-state index < -0.39 is 0 Å². The molecule has 3 rings (SSSR count). The van der Waals surface area contributed by atoms with Crippen LogP contribution in [-0.2, 0) is 0 Å². The number of fused-ring (bicyclic) bond motifs is 1. The van der Waals surface area contributed by atoms with E-state index in [9.17, 15) is 4.39 Å². The molecule has 2 aliphatic heterocycles. The fourth-order valence-corrected chi connectivity index (χ4v) is 2.97. The van der Waals surface area contributed by atoms with E-state index in [2.05, 4.69) is 10.2 Å². The average molecular weight is 231 g/mol. The van der Waals surface area contributed by atoms with Gasteiger partial charge in [0.05, 0.1) is 11.6 Å². The van der Waals surface area contributed by atoms with Gasteiger partial charge in [-0.1, -0.05) is 0 Å². The lowest BCUT2D eigenvalue weighted by atomic mass is 10.0. The molecule has 2 aliphatic rings. The van der Waals surface area contributed by atoms with Crippen LogP contribution in [-0.4, -0.2) is 25.7 Å². The molecule has 1 N–H and O–H groups in total. The maximum atomic E-state index is 13.4. The average Bonchev–Trinajstić information content (AvgIpc) is 2.89. The quantitative estimate of drug-likeness (QED) is 0.796. The molecular weight excluding hydrogens is 217 g/mol. The van der Waals surface area contributed by atoms with Gasteiger partial charge < -0.3 is 10.2 Å². The Kier molecular flexibility index (Phi) is 2.49. The summed E-state index contributed by atoms with van der Waals surface area (Å²) >= 11 is 0. The highest BCUT2D eigenvalue weighted by Gasteiger charge is 2.37. The molecule has 1 aromatic rings. The van der Waals surface area contributed by atoms with E-state index in [-0.39, 0.29) is 5.82 Å². The van der Waals surface area contributed by atoms with Crippen LogP contribution in [0.15, 0.2) is 18.2 Å². The van der Waals surface area contributed by atoms with Crippen molar-refractivity contribution in [1.29, 1.82) is 5.26 Å². The first-order valence-electron chi connectivity index (χ1n) is 5.96. The van der Waals surface area contributed by atoms with Crippen molar-refractivity contribution in [3.63, 3.8) is 0 Å². The van der Waals surface area contributed by atoms with Crippen LogP contribution in [0.5, 0.6) is 0 Å². The Hall–Kier alpha value is -1.60. The van der Waals surface area contributed by atoms with Crippen molar-refractivity contribution >= 4 is 5.69 Å². The van der Waals surface area contributed by atoms with Crippen molar-refractivity contribution in [2.75, 3.05) is 24.5 Å². The molecule has 0 aliphatic carbocycles. The van der Waals surface area contributed by atoms with Crippen LogP contribution in [0.2, 0.25) is 0 Å². The molecule has 17 heavy (non-hydrogen) atoms. The normalized spacial score (nSPS) is 26.9. The molecule has 2 heterocycles. The van der Waals surface area contributed by atoms with Crippen LogP contribution in [0, 0.1) is 23.1 Å². The molecule has 0 radical (unpaired) electrons. The predicted molar refractivity (Wildman–Crippen MR) is 63.2 cm³/mol. The van der Waals surface area contributed by atoms with Crippen molar-refractivity contribution in [2.45, 2.75) is 12.5 Å². The van der Waals surface area contributed by atoms with E-state index in [1.165, 1.54) is 12.1 Å². The Bertz CT molecular complexity index is 480. The Labute approximate surface area is 99.8 Å². The first-order valence-corrected chi connectivity index (χ1v) is 5.96. The van der Waals surface area contributed by atoms with E-state index in [0.29, 0.717) is 17.5 Å². The SMILES string of the molecule is N#Cc1cc(F)cc(N2CC[C@H]3CNC[C@H]32)c1. The number of nitrogens with one attached hydrogen (secondary N) is 1. The molecule has 0 unspecified atom stereocenters. The van der Waals surface area contributed by atoms with Crippen molar-refractivity contribution in [1.82, 2.24) is 5.32 Å². The Morgan fingerprint density at radius 1 is 1.35 bits per heavy atom. The minimum absolute atomic E-state index is 0.326. The summed E-state index contributed by atoms with van der Waals surface area (Å²) in [7, 11) is 0. The highest BCUT2D eigenvalue weighted by atomic mass is 19.1. The molecule has 0 aromatic heterocycles. The monoisotopic (exact) mass is 231 g/mol. The lowest BCUT2D eigenvalue weighted by Crippen LogP contribution is -2.34. The van der Waals surface area contributed by atoms with Crippen LogP contribution in [0.4, 0.5) is 10.1 Å². The lowest BCUT2D eigenvalue weighted by molar-refractivity contribution is 0.577. The van der Waals surface area contributed by atoms with Crippen LogP contribution in [0.25, 0.3) is 0 Å². The third-order valence-corrected chi connectivity index (χ3v) is 3.79. The van der Waals surface area contributed by atoms with Crippen LogP contribution in [0.1, 0.15) is 12.0 Å². The van der Waals surface area contributed by atoms with Crippen molar-refractivity contribution in [2.24, 2.45) is 5.92 Å². The minimum atomic E-state index is -0.326. The van der Waals surface area contributed by atoms with Crippen molar-refractivity contribution < 1.29 is 4.39 Å². The van der Waals surface area contributed by atoms with Crippen LogP contribution in [0.3, 0.4) is 0 Å². The summed E-state index contributed by atoms with van der Waals surface area (Å²) in [5.41, 5.74) is 1.24. The van der Waals surface area contributed by atoms with E-state index in [1.807, 2.05) is 6.07 Å². The van der Waals surface area contributed by atoms with Gasteiger partial charge in [-0.05, 0) is 30.5 Å². The smallest absolute Gasteiger partial charge is 0.126 e. The van der Waals surface area contributed by atoms with Gasteiger partial charge >= 0.3 is 0 Å². The second-order valence-electron chi connectivity index (χ2n) is 4.78. The van der Waals surface area contributed by atoms with Crippen LogP contribution >= 0.6 is 0 Å². The summed E-state index contributed by atoms with van der Waals surface area (Å²) in [6.07, 6.45) is 1.15. The topological polar surface area (TPSA) is 39.1 Å². The van der Waals surface area contributed by atoms with E-state index in [4.69, 9.17) is 5.26 Å². The van der Waals surface area contributed by atoms with Gasteiger partial charge in [-0.2, -0.15) is 5.26 Å². The third kappa shape index (κ3) is 1.77. The number of rotatable bonds is 1. The highest BCUT2D eigenvalue weighted by Crippen LogP contribution is 2.32. The molecular formula is C13H14FN3. The van der Waals surface area contributed by atoms with Crippen molar-refractivity contribution in [3.05, 3.63) is 29.6 Å². The Balaban J connectivity index is 1.94. The Morgan fingerprint density at radius 2 is 2.24 bits per heavy atom. The molecule has 0 saturated carbocycles. The van der Waals surface area contributed by atoms with Gasteiger partial charge in [0, 0.05) is 31.4 Å². The highest BCUT2D eigenvalue weighted by molar-refractivity contribution is 5.54. The second-order valence-corrected chi connectivity index (χ2v) is 4.78. The number of anilines is 1. The standard InChI is InChI=1S/C13H14FN3/c14-11-3-9(6-15)4-12(5-11)17-2-1-10-7-16-8-13(10)17/h3-5,10,13,16H,1-2,7-8H2/t10-,13+/m0/s1. The van der Waals surface area contributed by atoms with E-state index in [0.717, 1.165) is 31.7 Å². The van der Waals surface area contributed by atoms with Gasteiger partial charge in [-0.25, -0.2) is 4.39 Å². The van der Waals surface area contributed by atoms with Gasteiger partial charge in [0.2, 0.25) is 0 Å². The number of nitrogens with zero attached hydrogens (tertiary/aromatic N) is 2. The molecule has 3 nitrogen and oxygen atoms in total. The summed E-state index contributed by atoms with van der Waals surface area (Å²) in [5.74, 6) is 0.345. The Morgan fingerprint density at radius 3 is 3.06 bits per heavy atom. The van der Waals surface area contributed by atoms with Crippen molar-refractivity contribution in [3.8, 4) is 6.07 Å². The summed E-state index contributed by atoms with van der Waals surface area (Å²) in [6.45, 7) is 2.98. The number of benzene rings is 1. The van der Waals surface area contributed by atoms with Gasteiger partial charge in [0.15, 0.2) is 0 Å². The van der Waals surface area contributed by atoms with E-state index >= 15 is 0 Å². The molecule has 2 saturated heterocycles. The lowest BCUT2D eigenvalue weighted by Gasteiger charge is -2.25. The predicted octanol–water partition coefficient (Wildman–Crippen LogP) is 1.50. The largest absolute Gasteiger partial charge is 0.367 e. The summed E-state index contributed by atoms with van der Waals surface area (Å²) < 4.78 is 13.4.